The number of ether oxygens (including phenoxy) is 1. The van der Waals surface area contributed by atoms with Crippen molar-refractivity contribution in [3.63, 3.8) is 0 Å². The highest BCUT2D eigenvalue weighted by atomic mass is 32.2. The van der Waals surface area contributed by atoms with Crippen molar-refractivity contribution in [1.29, 1.82) is 0 Å². The van der Waals surface area contributed by atoms with Gasteiger partial charge in [-0.05, 0) is 80.9 Å². The molecule has 0 saturated carbocycles. The molecule has 7 nitrogen and oxygen atoms in total. The van der Waals surface area contributed by atoms with Crippen molar-refractivity contribution < 1.29 is 31.1 Å². The minimum Gasteiger partial charge on any atom is -0.494 e. The lowest BCUT2D eigenvalue weighted by Crippen LogP contribution is -2.40. The van der Waals surface area contributed by atoms with Crippen molar-refractivity contribution in [2.75, 3.05) is 17.5 Å². The molecule has 0 fully saturated rings. The summed E-state index contributed by atoms with van der Waals surface area (Å²) in [5.41, 5.74) is 2.85. The number of hydrogen-bond acceptors (Lipinski definition) is 5. The number of aryl methyl sites for hydroxylation is 1. The second kappa shape index (κ2) is 11.5. The van der Waals surface area contributed by atoms with E-state index in [1.807, 2.05) is 6.92 Å². The number of rotatable bonds is 9. The lowest BCUT2D eigenvalue weighted by atomic mass is 10.1. The first kappa shape index (κ1) is 27.7. The van der Waals surface area contributed by atoms with Gasteiger partial charge in [0.05, 0.1) is 28.5 Å². The topological polar surface area (TPSA) is 88.1 Å². The lowest BCUT2D eigenvalue weighted by Gasteiger charge is -2.24. The summed E-state index contributed by atoms with van der Waals surface area (Å²) >= 11 is 0. The van der Waals surface area contributed by atoms with Crippen LogP contribution in [0.1, 0.15) is 30.5 Å². The van der Waals surface area contributed by atoms with Gasteiger partial charge >= 0.3 is 6.18 Å². The molecule has 0 aliphatic heterocycles. The van der Waals surface area contributed by atoms with Gasteiger partial charge in [-0.3, -0.25) is 9.10 Å². The quantitative estimate of drug-likeness (QED) is 0.305. The van der Waals surface area contributed by atoms with Crippen molar-refractivity contribution in [2.24, 2.45) is 5.10 Å². The van der Waals surface area contributed by atoms with E-state index in [0.29, 0.717) is 34.0 Å². The zero-order chi connectivity index (χ0) is 27.2. The zero-order valence-electron chi connectivity index (χ0n) is 20.4. The lowest BCUT2D eigenvalue weighted by molar-refractivity contribution is -0.137. The Morgan fingerprint density at radius 2 is 1.68 bits per heavy atom. The number of nitrogens with one attached hydrogen (secondary N) is 1. The Morgan fingerprint density at radius 3 is 2.27 bits per heavy atom. The minimum absolute atomic E-state index is 0.169. The monoisotopic (exact) mass is 533 g/mol. The number of hydrogen-bond donors (Lipinski definition) is 1. The van der Waals surface area contributed by atoms with Crippen LogP contribution in [0.5, 0.6) is 5.75 Å². The number of carbonyl (C=O) groups excluding carboxylic acids is 1. The smallest absolute Gasteiger partial charge is 0.416 e. The van der Waals surface area contributed by atoms with Gasteiger partial charge in [-0.2, -0.15) is 18.3 Å². The van der Waals surface area contributed by atoms with Gasteiger partial charge in [0.25, 0.3) is 15.9 Å². The number of nitrogens with zero attached hydrogens (tertiary/aromatic N) is 2. The maximum atomic E-state index is 13.4. The van der Waals surface area contributed by atoms with Crippen LogP contribution in [-0.2, 0) is 21.0 Å². The van der Waals surface area contributed by atoms with Gasteiger partial charge in [0, 0.05) is 0 Å². The Balaban J connectivity index is 1.89. The third kappa shape index (κ3) is 7.10. The van der Waals surface area contributed by atoms with Crippen molar-refractivity contribution in [2.45, 2.75) is 31.8 Å². The molecule has 3 rings (SSSR count). The Hall–Kier alpha value is -3.86. The summed E-state index contributed by atoms with van der Waals surface area (Å²) in [6, 6.07) is 16.5. The summed E-state index contributed by atoms with van der Waals surface area (Å²) in [6.45, 7) is 4.98. The molecule has 0 heterocycles. The molecule has 0 unspecified atom stereocenters. The van der Waals surface area contributed by atoms with Crippen LogP contribution < -0.4 is 14.5 Å². The first-order chi connectivity index (χ1) is 17.4. The molecular formula is C26H26F3N3O4S. The van der Waals surface area contributed by atoms with E-state index in [1.54, 1.807) is 50.2 Å². The molecule has 3 aromatic carbocycles. The predicted octanol–water partition coefficient (Wildman–Crippen LogP) is 5.15. The molecule has 0 bridgehead atoms. The van der Waals surface area contributed by atoms with Gasteiger partial charge in [-0.25, -0.2) is 13.8 Å². The fourth-order valence-electron chi connectivity index (χ4n) is 3.33. The first-order valence-electron chi connectivity index (χ1n) is 11.2. The summed E-state index contributed by atoms with van der Waals surface area (Å²) in [4.78, 5) is 12.6. The normalized spacial score (nSPS) is 12.2. The van der Waals surface area contributed by atoms with E-state index in [9.17, 15) is 26.4 Å². The fraction of sp³-hybridized carbons (Fsp3) is 0.231. The maximum Gasteiger partial charge on any atom is 0.416 e. The van der Waals surface area contributed by atoms with E-state index in [4.69, 9.17) is 4.74 Å². The van der Waals surface area contributed by atoms with E-state index in [-0.39, 0.29) is 10.6 Å². The molecule has 0 spiro atoms. The van der Waals surface area contributed by atoms with Crippen molar-refractivity contribution in [3.05, 3.63) is 89.5 Å². The molecule has 0 aromatic heterocycles. The van der Waals surface area contributed by atoms with Crippen LogP contribution in [0.4, 0.5) is 18.9 Å². The predicted molar refractivity (Wildman–Crippen MR) is 135 cm³/mol. The van der Waals surface area contributed by atoms with Gasteiger partial charge < -0.3 is 4.74 Å². The molecular weight excluding hydrogens is 507 g/mol. The van der Waals surface area contributed by atoms with Crippen molar-refractivity contribution >= 4 is 27.3 Å². The molecule has 3 aromatic rings. The first-order valence-corrected chi connectivity index (χ1v) is 12.7. The fourth-order valence-corrected chi connectivity index (χ4v) is 4.74. The largest absolute Gasteiger partial charge is 0.494 e. The Morgan fingerprint density at radius 1 is 1.03 bits per heavy atom. The second-order valence-corrected chi connectivity index (χ2v) is 9.92. The number of alkyl halides is 3. The Bertz CT molecular complexity index is 1370. The number of hydrazone groups is 1. The van der Waals surface area contributed by atoms with Gasteiger partial charge in [-0.15, -0.1) is 0 Å². The maximum absolute atomic E-state index is 13.4. The number of sulfonamides is 1. The summed E-state index contributed by atoms with van der Waals surface area (Å²) in [6.07, 6.45) is -4.70. The number of amides is 1. The molecule has 1 amide bonds. The van der Waals surface area contributed by atoms with Gasteiger partial charge in [-0.1, -0.05) is 23.8 Å². The highest BCUT2D eigenvalue weighted by Gasteiger charge is 2.33. The van der Waals surface area contributed by atoms with Crippen LogP contribution in [0.25, 0.3) is 0 Å². The van der Waals surface area contributed by atoms with E-state index < -0.39 is 34.2 Å². The van der Waals surface area contributed by atoms with Crippen LogP contribution in [0.3, 0.4) is 0 Å². The molecule has 11 heteroatoms. The van der Waals surface area contributed by atoms with Crippen LogP contribution in [0, 0.1) is 6.92 Å². The number of halogens is 3. The number of benzene rings is 3. The summed E-state index contributed by atoms with van der Waals surface area (Å²) in [5.74, 6) is -0.167. The minimum atomic E-state index is -4.70. The van der Waals surface area contributed by atoms with E-state index >= 15 is 0 Å². The standard InChI is InChI=1S/C26H26F3N3O4S/c1-4-36-23-12-10-20(11-13-23)19(3)30-31-25(33)17-32(22-7-5-6-21(16-22)26(27,28)29)37(34,35)24-14-8-18(2)9-15-24/h5-16H,4,17H2,1-3H3,(H,31,33)/b30-19-. The summed E-state index contributed by atoms with van der Waals surface area (Å²) in [7, 11) is -4.39. The van der Waals surface area contributed by atoms with Crippen molar-refractivity contribution in [1.82, 2.24) is 5.43 Å². The number of carbonyl (C=O) groups is 1. The Labute approximate surface area is 213 Å². The van der Waals surface area contributed by atoms with Gasteiger partial charge in [0.2, 0.25) is 0 Å². The molecule has 0 aliphatic rings. The third-order valence-electron chi connectivity index (χ3n) is 5.29. The average Bonchev–Trinajstić information content (AvgIpc) is 2.86. The highest BCUT2D eigenvalue weighted by Crippen LogP contribution is 2.33. The molecule has 0 saturated heterocycles. The molecule has 1 N–H and O–H groups in total. The van der Waals surface area contributed by atoms with Crippen LogP contribution in [-0.4, -0.2) is 33.2 Å². The van der Waals surface area contributed by atoms with Gasteiger partial charge in [0.1, 0.15) is 12.3 Å². The number of anilines is 1. The van der Waals surface area contributed by atoms with E-state index in [0.717, 1.165) is 17.7 Å². The van der Waals surface area contributed by atoms with Crippen LogP contribution >= 0.6 is 0 Å². The molecule has 0 radical (unpaired) electrons. The second-order valence-electron chi connectivity index (χ2n) is 8.06. The van der Waals surface area contributed by atoms with E-state index in [2.05, 4.69) is 10.5 Å². The Kier molecular flexibility index (Phi) is 8.59. The molecule has 0 aliphatic carbocycles. The average molecular weight is 534 g/mol. The molecule has 37 heavy (non-hydrogen) atoms. The highest BCUT2D eigenvalue weighted by molar-refractivity contribution is 7.92. The van der Waals surface area contributed by atoms with Crippen LogP contribution in [0.15, 0.2) is 82.8 Å². The van der Waals surface area contributed by atoms with Crippen molar-refractivity contribution in [3.8, 4) is 5.75 Å². The SMILES string of the molecule is CCOc1ccc(/C(C)=N\NC(=O)CN(c2cccc(C(F)(F)F)c2)S(=O)(=O)c2ccc(C)cc2)cc1. The molecule has 0 atom stereocenters. The third-order valence-corrected chi connectivity index (χ3v) is 7.08. The summed E-state index contributed by atoms with van der Waals surface area (Å²) < 4.78 is 72.8. The van der Waals surface area contributed by atoms with E-state index in [1.165, 1.54) is 18.2 Å². The summed E-state index contributed by atoms with van der Waals surface area (Å²) in [5, 5.41) is 4.01. The zero-order valence-corrected chi connectivity index (χ0v) is 21.2. The molecule has 196 valence electrons. The van der Waals surface area contributed by atoms with Crippen LogP contribution in [0.2, 0.25) is 0 Å². The van der Waals surface area contributed by atoms with Gasteiger partial charge in [0.15, 0.2) is 0 Å².